The van der Waals surface area contributed by atoms with Gasteiger partial charge in [0.1, 0.15) is 17.1 Å². The Morgan fingerprint density at radius 2 is 1.58 bits per heavy atom. The van der Waals surface area contributed by atoms with E-state index in [1.165, 1.54) is 48.2 Å². The molecule has 3 heterocycles. The molecular weight excluding hydrogens is 584 g/mol. The Kier molecular flexibility index (Phi) is 8.48. The highest BCUT2D eigenvalue weighted by atomic mass is 35.5. The number of ether oxygens (including phenoxy) is 1. The molecule has 0 saturated carbocycles. The first kappa shape index (κ1) is 29.4. The Balaban J connectivity index is 1.08. The number of nitrogens with one attached hydrogen (secondary N) is 1. The van der Waals surface area contributed by atoms with Gasteiger partial charge in [0.05, 0.1) is 0 Å². The van der Waals surface area contributed by atoms with Crippen LogP contribution in [0.5, 0.6) is 11.5 Å². The molecule has 8 heteroatoms. The van der Waals surface area contributed by atoms with Gasteiger partial charge in [0.25, 0.3) is 0 Å². The Bertz CT molecular complexity index is 1800. The Morgan fingerprint density at radius 3 is 2.36 bits per heavy atom. The molecule has 7 rings (SSSR count). The van der Waals surface area contributed by atoms with Gasteiger partial charge in [0.2, 0.25) is 0 Å². The van der Waals surface area contributed by atoms with E-state index < -0.39 is 5.97 Å². The van der Waals surface area contributed by atoms with Crippen molar-refractivity contribution in [1.82, 2.24) is 14.8 Å². The van der Waals surface area contributed by atoms with E-state index in [9.17, 15) is 9.90 Å². The molecule has 2 saturated heterocycles. The fourth-order valence-corrected chi connectivity index (χ4v) is 6.75. The number of aromatic amines is 1. The lowest BCUT2D eigenvalue weighted by Crippen LogP contribution is -2.46. The summed E-state index contributed by atoms with van der Waals surface area (Å²) >= 11 is 6.22. The third-order valence-electron chi connectivity index (χ3n) is 9.03. The van der Waals surface area contributed by atoms with Crippen LogP contribution in [-0.4, -0.2) is 65.1 Å². The molecule has 5 aromatic rings. The summed E-state index contributed by atoms with van der Waals surface area (Å²) in [6.45, 7) is 7.69. The summed E-state index contributed by atoms with van der Waals surface area (Å²) in [5.41, 5.74) is 7.19. The zero-order chi connectivity index (χ0) is 30.8. The van der Waals surface area contributed by atoms with Gasteiger partial charge in [-0.05, 0) is 90.6 Å². The van der Waals surface area contributed by atoms with E-state index in [0.29, 0.717) is 11.5 Å². The van der Waals surface area contributed by atoms with Crippen molar-refractivity contribution in [2.24, 2.45) is 0 Å². The van der Waals surface area contributed by atoms with Crippen molar-refractivity contribution in [3.05, 3.63) is 113 Å². The molecule has 0 spiro atoms. The van der Waals surface area contributed by atoms with Gasteiger partial charge < -0.3 is 19.7 Å². The van der Waals surface area contributed by atoms with Gasteiger partial charge in [0, 0.05) is 73.1 Å². The van der Waals surface area contributed by atoms with Crippen molar-refractivity contribution in [2.45, 2.75) is 25.9 Å². The van der Waals surface area contributed by atoms with Crippen LogP contribution in [0.1, 0.15) is 34.3 Å². The molecule has 7 nitrogen and oxygen atoms in total. The third-order valence-corrected chi connectivity index (χ3v) is 9.28. The Hall–Kier alpha value is -4.30. The number of piperazine rings is 1. The van der Waals surface area contributed by atoms with E-state index in [4.69, 9.17) is 16.3 Å². The maximum Gasteiger partial charge on any atom is 0.339 e. The van der Waals surface area contributed by atoms with Crippen LogP contribution in [0.15, 0.2) is 91.1 Å². The molecule has 2 aliphatic heterocycles. The molecule has 1 aromatic heterocycles. The van der Waals surface area contributed by atoms with Crippen molar-refractivity contribution in [2.75, 3.05) is 44.2 Å². The van der Waals surface area contributed by atoms with Crippen LogP contribution in [-0.2, 0) is 13.1 Å². The van der Waals surface area contributed by atoms with Crippen molar-refractivity contribution in [3.63, 3.8) is 0 Å². The molecular formula is C37H37ClN4O3. The molecule has 0 amide bonds. The number of carbonyl (C=O) groups is 1. The van der Waals surface area contributed by atoms with Gasteiger partial charge in [0.15, 0.2) is 0 Å². The number of carboxylic acids is 1. The topological polar surface area (TPSA) is 72.0 Å². The van der Waals surface area contributed by atoms with Crippen molar-refractivity contribution in [3.8, 4) is 22.6 Å². The molecule has 2 aliphatic rings. The first-order valence-corrected chi connectivity index (χ1v) is 16.1. The number of fused-ring (bicyclic) bond motifs is 1. The highest BCUT2D eigenvalue weighted by Gasteiger charge is 2.22. The highest BCUT2D eigenvalue weighted by Crippen LogP contribution is 2.35. The van der Waals surface area contributed by atoms with Crippen LogP contribution >= 0.6 is 11.6 Å². The summed E-state index contributed by atoms with van der Waals surface area (Å²) in [4.78, 5) is 22.6. The molecule has 0 radical (unpaired) electrons. The molecule has 4 aromatic carbocycles. The first-order valence-electron chi connectivity index (χ1n) is 15.7. The van der Waals surface area contributed by atoms with Crippen LogP contribution in [0.3, 0.4) is 0 Å². The van der Waals surface area contributed by atoms with Gasteiger partial charge in [-0.15, -0.1) is 0 Å². The minimum absolute atomic E-state index is 0.147. The number of nitrogens with zero attached hydrogens (tertiary/aromatic N) is 3. The summed E-state index contributed by atoms with van der Waals surface area (Å²) in [6.07, 6.45) is 4.43. The van der Waals surface area contributed by atoms with E-state index in [0.717, 1.165) is 60.9 Å². The van der Waals surface area contributed by atoms with Gasteiger partial charge in [-0.25, -0.2) is 4.79 Å². The number of H-pyrrole nitrogens is 1. The molecule has 2 fully saturated rings. The minimum atomic E-state index is -1.01. The maximum absolute atomic E-state index is 12.1. The fourth-order valence-electron chi connectivity index (χ4n) is 6.62. The van der Waals surface area contributed by atoms with Crippen LogP contribution < -0.4 is 9.64 Å². The lowest BCUT2D eigenvalue weighted by molar-refractivity contribution is 0.0694. The lowest BCUT2D eigenvalue weighted by Gasteiger charge is -2.36. The normalized spacial score (nSPS) is 16.0. The van der Waals surface area contributed by atoms with Crippen LogP contribution in [0, 0.1) is 0 Å². The average molecular weight is 621 g/mol. The highest BCUT2D eigenvalue weighted by molar-refractivity contribution is 6.30. The van der Waals surface area contributed by atoms with Crippen LogP contribution in [0.2, 0.25) is 5.02 Å². The summed E-state index contributed by atoms with van der Waals surface area (Å²) in [5, 5.41) is 11.6. The number of likely N-dealkylation sites (tertiary alicyclic amines) is 1. The molecule has 230 valence electrons. The van der Waals surface area contributed by atoms with Gasteiger partial charge in [-0.2, -0.15) is 0 Å². The second-order valence-corrected chi connectivity index (χ2v) is 12.5. The average Bonchev–Trinajstić information content (AvgIpc) is 3.75. The first-order chi connectivity index (χ1) is 22.0. The van der Waals surface area contributed by atoms with Gasteiger partial charge >= 0.3 is 5.97 Å². The number of benzene rings is 4. The molecule has 0 aliphatic carbocycles. The Morgan fingerprint density at radius 1 is 0.800 bits per heavy atom. The van der Waals surface area contributed by atoms with Crippen molar-refractivity contribution >= 4 is 34.2 Å². The summed E-state index contributed by atoms with van der Waals surface area (Å²) in [7, 11) is 0. The van der Waals surface area contributed by atoms with Crippen molar-refractivity contribution < 1.29 is 14.6 Å². The lowest BCUT2D eigenvalue weighted by atomic mass is 9.96. The number of halogens is 1. The number of aromatic carboxylic acids is 1. The number of anilines is 1. The molecule has 0 bridgehead atoms. The zero-order valence-electron chi connectivity index (χ0n) is 25.2. The number of rotatable bonds is 9. The van der Waals surface area contributed by atoms with Crippen molar-refractivity contribution in [1.29, 1.82) is 0 Å². The number of hydrogen-bond acceptors (Lipinski definition) is 5. The summed E-state index contributed by atoms with van der Waals surface area (Å²) in [5.74, 6) is -0.0358. The minimum Gasteiger partial charge on any atom is -0.478 e. The smallest absolute Gasteiger partial charge is 0.339 e. The van der Waals surface area contributed by atoms with Gasteiger partial charge in [-0.1, -0.05) is 48.0 Å². The molecule has 0 atom stereocenters. The van der Waals surface area contributed by atoms with E-state index in [2.05, 4.69) is 50.0 Å². The van der Waals surface area contributed by atoms with E-state index in [1.807, 2.05) is 54.7 Å². The summed E-state index contributed by atoms with van der Waals surface area (Å²) in [6, 6.07) is 28.2. The third kappa shape index (κ3) is 6.57. The van der Waals surface area contributed by atoms with E-state index in [-0.39, 0.29) is 5.56 Å². The van der Waals surface area contributed by atoms with E-state index >= 15 is 0 Å². The second-order valence-electron chi connectivity index (χ2n) is 12.0. The second kappa shape index (κ2) is 13.0. The predicted octanol–water partition coefficient (Wildman–Crippen LogP) is 7.90. The molecule has 45 heavy (non-hydrogen) atoms. The molecule has 0 unspecified atom stereocenters. The van der Waals surface area contributed by atoms with E-state index in [1.54, 1.807) is 6.07 Å². The zero-order valence-corrected chi connectivity index (χ0v) is 26.0. The fraction of sp³-hybridized carbons (Fsp3) is 0.270. The summed E-state index contributed by atoms with van der Waals surface area (Å²) < 4.78 is 6.25. The monoisotopic (exact) mass is 620 g/mol. The van der Waals surface area contributed by atoms with Gasteiger partial charge in [-0.3, -0.25) is 9.80 Å². The quantitative estimate of drug-likeness (QED) is 0.175. The number of hydrogen-bond donors (Lipinski definition) is 2. The maximum atomic E-state index is 12.1. The predicted molar refractivity (Wildman–Crippen MR) is 181 cm³/mol. The Labute approximate surface area is 268 Å². The SMILES string of the molecule is O=C(O)c1ccc(N2CCN(Cc3cc(CN4CCCC4)ccc3-c3ccc(Cl)cc3)CC2)cc1Oc1cccc2[nH]ccc12. The molecule has 2 N–H and O–H groups in total. The number of aromatic nitrogens is 1. The van der Waals surface area contributed by atoms with Crippen LogP contribution in [0.4, 0.5) is 5.69 Å². The number of carboxylic acid groups (broad SMARTS) is 1. The standard InChI is InChI=1S/C37H37ClN4O3/c38-29-9-7-27(8-10-29)31-12-6-26(24-40-16-1-2-17-40)22-28(31)25-41-18-20-42(21-19-41)30-11-13-33(37(43)44)36(23-30)45-35-5-3-4-34-32(35)14-15-39-34/h3-15,22-23,39H,1-2,16-21,24-25H2,(H,43,44). The van der Waals surface area contributed by atoms with Crippen LogP contribution in [0.25, 0.3) is 22.0 Å². The largest absolute Gasteiger partial charge is 0.478 e.